The number of carbonyl (C=O) groups is 1. The number of nitrogens with one attached hydrogen (secondary N) is 2. The van der Waals surface area contributed by atoms with Gasteiger partial charge < -0.3 is 10.6 Å². The van der Waals surface area contributed by atoms with Crippen LogP contribution in [0.4, 0.5) is 5.69 Å². The molecule has 104 valence electrons. The Morgan fingerprint density at radius 2 is 2.21 bits per heavy atom. The first-order valence-corrected chi connectivity index (χ1v) is 7.08. The van der Waals surface area contributed by atoms with E-state index in [1.165, 1.54) is 0 Å². The van der Waals surface area contributed by atoms with Crippen LogP contribution >= 0.6 is 11.6 Å². The molecule has 1 aliphatic rings. The van der Waals surface area contributed by atoms with Crippen molar-refractivity contribution in [1.29, 1.82) is 0 Å². The Morgan fingerprint density at radius 3 is 2.84 bits per heavy atom. The van der Waals surface area contributed by atoms with E-state index in [-0.39, 0.29) is 17.4 Å². The molecule has 19 heavy (non-hydrogen) atoms. The number of hydrogen-bond acceptors (Lipinski definition) is 2. The van der Waals surface area contributed by atoms with Crippen LogP contribution in [-0.2, 0) is 4.79 Å². The fourth-order valence-corrected chi connectivity index (χ4v) is 2.72. The normalized spacial score (nSPS) is 22.0. The second kappa shape index (κ2) is 5.51. The van der Waals surface area contributed by atoms with Crippen LogP contribution in [0, 0.1) is 12.3 Å². The molecule has 1 saturated heterocycles. The summed E-state index contributed by atoms with van der Waals surface area (Å²) in [7, 11) is 0. The zero-order valence-corrected chi connectivity index (χ0v) is 12.5. The van der Waals surface area contributed by atoms with E-state index in [9.17, 15) is 4.79 Å². The molecule has 0 spiro atoms. The predicted molar refractivity (Wildman–Crippen MR) is 79.6 cm³/mol. The Labute approximate surface area is 119 Å². The van der Waals surface area contributed by atoms with Gasteiger partial charge in [0.15, 0.2) is 0 Å². The second-order valence-electron chi connectivity index (χ2n) is 5.93. The summed E-state index contributed by atoms with van der Waals surface area (Å²) in [5.74, 6) is 0.0182. The fraction of sp³-hybridized carbons (Fsp3) is 0.533. The molecule has 3 nitrogen and oxygen atoms in total. The van der Waals surface area contributed by atoms with E-state index < -0.39 is 0 Å². The van der Waals surface area contributed by atoms with Crippen LogP contribution in [0.25, 0.3) is 0 Å². The molecule has 1 aromatic carbocycles. The van der Waals surface area contributed by atoms with Gasteiger partial charge in [-0.2, -0.15) is 0 Å². The number of carbonyl (C=O) groups excluding carboxylic acids is 1. The molecule has 0 saturated carbocycles. The van der Waals surface area contributed by atoms with Gasteiger partial charge in [-0.3, -0.25) is 4.79 Å². The topological polar surface area (TPSA) is 41.1 Å². The van der Waals surface area contributed by atoms with Crippen LogP contribution < -0.4 is 10.6 Å². The molecule has 2 rings (SSSR count). The molecule has 2 N–H and O–H groups in total. The summed E-state index contributed by atoms with van der Waals surface area (Å²) in [5.41, 5.74) is 1.75. The van der Waals surface area contributed by atoms with Crippen LogP contribution in [0.15, 0.2) is 18.2 Å². The minimum Gasteiger partial charge on any atom is -0.325 e. The molecule has 0 aromatic heterocycles. The van der Waals surface area contributed by atoms with Gasteiger partial charge in [-0.05, 0) is 49.4 Å². The third-order valence-electron chi connectivity index (χ3n) is 3.83. The minimum absolute atomic E-state index is 0.0170. The molecule has 1 aromatic rings. The molecule has 1 amide bonds. The number of amides is 1. The van der Waals surface area contributed by atoms with Gasteiger partial charge in [-0.25, -0.2) is 0 Å². The highest BCUT2D eigenvalue weighted by atomic mass is 35.5. The first-order chi connectivity index (χ1) is 8.90. The highest BCUT2D eigenvalue weighted by Crippen LogP contribution is 2.31. The summed E-state index contributed by atoms with van der Waals surface area (Å²) in [6.45, 7) is 7.10. The smallest absolute Gasteiger partial charge is 0.242 e. The van der Waals surface area contributed by atoms with E-state index in [0.29, 0.717) is 5.02 Å². The van der Waals surface area contributed by atoms with Crippen molar-refractivity contribution in [1.82, 2.24) is 5.32 Å². The van der Waals surface area contributed by atoms with Gasteiger partial charge >= 0.3 is 0 Å². The summed E-state index contributed by atoms with van der Waals surface area (Å²) >= 11 is 6.07. The van der Waals surface area contributed by atoms with Crippen molar-refractivity contribution >= 4 is 23.2 Å². The molecule has 0 radical (unpaired) electrons. The lowest BCUT2D eigenvalue weighted by Crippen LogP contribution is -2.53. The van der Waals surface area contributed by atoms with Crippen molar-refractivity contribution in [3.63, 3.8) is 0 Å². The van der Waals surface area contributed by atoms with Gasteiger partial charge in [0.2, 0.25) is 5.91 Å². The van der Waals surface area contributed by atoms with Gasteiger partial charge in [0.1, 0.15) is 0 Å². The summed E-state index contributed by atoms with van der Waals surface area (Å²) in [6, 6.07) is 5.44. The van der Waals surface area contributed by atoms with Crippen molar-refractivity contribution in [3.05, 3.63) is 28.8 Å². The molecular formula is C15H21ClN2O. The highest BCUT2D eigenvalue weighted by Gasteiger charge is 2.37. The first kappa shape index (κ1) is 14.4. The lowest BCUT2D eigenvalue weighted by Gasteiger charge is -2.38. The quantitative estimate of drug-likeness (QED) is 0.872. The maximum Gasteiger partial charge on any atom is 0.242 e. The number of halogens is 1. The third-order valence-corrected chi connectivity index (χ3v) is 4.24. The lowest BCUT2D eigenvalue weighted by atomic mass is 9.77. The standard InChI is InChI=1S/C15H21ClN2O/c1-10-5-6-11(9-12(10)16)18-14(19)13-15(2,3)7-4-8-17-13/h5-6,9,13,17H,4,7-8H2,1-3H3,(H,18,19). The average Bonchev–Trinajstić information content (AvgIpc) is 2.33. The van der Waals surface area contributed by atoms with E-state index in [2.05, 4.69) is 24.5 Å². The van der Waals surface area contributed by atoms with Crippen LogP contribution in [0.2, 0.25) is 5.02 Å². The van der Waals surface area contributed by atoms with Gasteiger partial charge in [-0.15, -0.1) is 0 Å². The van der Waals surface area contributed by atoms with E-state index in [0.717, 1.165) is 30.6 Å². The maximum atomic E-state index is 12.4. The largest absolute Gasteiger partial charge is 0.325 e. The monoisotopic (exact) mass is 280 g/mol. The van der Waals surface area contributed by atoms with E-state index in [4.69, 9.17) is 11.6 Å². The molecule has 0 aliphatic carbocycles. The molecule has 1 aliphatic heterocycles. The number of aryl methyl sites for hydroxylation is 1. The molecule has 1 fully saturated rings. The van der Waals surface area contributed by atoms with Gasteiger partial charge in [-0.1, -0.05) is 31.5 Å². The molecule has 1 heterocycles. The zero-order valence-electron chi connectivity index (χ0n) is 11.7. The van der Waals surface area contributed by atoms with Gasteiger partial charge in [0.05, 0.1) is 6.04 Å². The number of rotatable bonds is 2. The van der Waals surface area contributed by atoms with Crippen molar-refractivity contribution in [3.8, 4) is 0 Å². The number of anilines is 1. The first-order valence-electron chi connectivity index (χ1n) is 6.70. The summed E-state index contributed by atoms with van der Waals surface area (Å²) in [4.78, 5) is 12.4. The third kappa shape index (κ3) is 3.28. The van der Waals surface area contributed by atoms with E-state index in [1.807, 2.05) is 19.1 Å². The molecule has 1 unspecified atom stereocenters. The fourth-order valence-electron chi connectivity index (χ4n) is 2.54. The Bertz CT molecular complexity index is 485. The summed E-state index contributed by atoms with van der Waals surface area (Å²) < 4.78 is 0. The lowest BCUT2D eigenvalue weighted by molar-refractivity contribution is -0.121. The van der Waals surface area contributed by atoms with Crippen molar-refractivity contribution < 1.29 is 4.79 Å². The van der Waals surface area contributed by atoms with E-state index in [1.54, 1.807) is 6.07 Å². The average molecular weight is 281 g/mol. The van der Waals surface area contributed by atoms with Crippen LogP contribution in [0.1, 0.15) is 32.3 Å². The number of hydrogen-bond donors (Lipinski definition) is 2. The van der Waals surface area contributed by atoms with Crippen LogP contribution in [0.3, 0.4) is 0 Å². The Kier molecular flexibility index (Phi) is 4.16. The SMILES string of the molecule is Cc1ccc(NC(=O)C2NCCCC2(C)C)cc1Cl. The van der Waals surface area contributed by atoms with Gasteiger partial charge in [0, 0.05) is 10.7 Å². The molecule has 1 atom stereocenters. The zero-order chi connectivity index (χ0) is 14.0. The number of benzene rings is 1. The molecular weight excluding hydrogens is 260 g/mol. The van der Waals surface area contributed by atoms with Crippen molar-refractivity contribution in [2.45, 2.75) is 39.7 Å². The van der Waals surface area contributed by atoms with Crippen molar-refractivity contribution in [2.75, 3.05) is 11.9 Å². The second-order valence-corrected chi connectivity index (χ2v) is 6.34. The van der Waals surface area contributed by atoms with Crippen LogP contribution in [-0.4, -0.2) is 18.5 Å². The summed E-state index contributed by atoms with van der Waals surface area (Å²) in [6.07, 6.45) is 2.18. The summed E-state index contributed by atoms with van der Waals surface area (Å²) in [5, 5.41) is 6.93. The van der Waals surface area contributed by atoms with Crippen LogP contribution in [0.5, 0.6) is 0 Å². The van der Waals surface area contributed by atoms with Crippen molar-refractivity contribution in [2.24, 2.45) is 5.41 Å². The highest BCUT2D eigenvalue weighted by molar-refractivity contribution is 6.31. The number of piperidine rings is 1. The molecule has 0 bridgehead atoms. The molecule has 4 heteroatoms. The van der Waals surface area contributed by atoms with E-state index >= 15 is 0 Å². The minimum atomic E-state index is -0.152. The predicted octanol–water partition coefficient (Wildman–Crippen LogP) is 3.37. The van der Waals surface area contributed by atoms with Gasteiger partial charge in [0.25, 0.3) is 0 Å². The Balaban J connectivity index is 2.09. The Morgan fingerprint density at radius 1 is 1.47 bits per heavy atom. The Hall–Kier alpha value is -1.06. The maximum absolute atomic E-state index is 12.4.